The summed E-state index contributed by atoms with van der Waals surface area (Å²) in [5.74, 6) is 1.30. The monoisotopic (exact) mass is 409 g/mol. The summed E-state index contributed by atoms with van der Waals surface area (Å²) in [5, 5.41) is 3.37. The SMILES string of the molecule is O=C1C(/C=C/CCc2ccccc2)=C(c2ccccc2)NC1C1Oc2ccccc2O1. The van der Waals surface area contributed by atoms with E-state index in [4.69, 9.17) is 9.47 Å². The summed E-state index contributed by atoms with van der Waals surface area (Å²) in [6.07, 6.45) is 5.09. The Kier molecular flexibility index (Phi) is 5.28. The first-order chi connectivity index (χ1) is 15.3. The number of carbonyl (C=O) groups excluding carboxylic acids is 1. The average molecular weight is 409 g/mol. The van der Waals surface area contributed by atoms with Crippen molar-refractivity contribution in [3.63, 3.8) is 0 Å². The number of allylic oxidation sites excluding steroid dienone is 2. The molecule has 1 atom stereocenters. The van der Waals surface area contributed by atoms with E-state index in [1.807, 2.05) is 78.9 Å². The molecule has 4 heteroatoms. The standard InChI is InChI=1S/C27H23NO3/c29-26-21(16-8-7-13-19-11-3-1-4-12-19)24(20-14-5-2-6-15-20)28-25(26)27-30-22-17-9-10-18-23(22)31-27/h1-6,8-12,14-18,25,27-28H,7,13H2/b16-8+. The first-order valence-corrected chi connectivity index (χ1v) is 10.5. The van der Waals surface area contributed by atoms with Crippen LogP contribution < -0.4 is 14.8 Å². The van der Waals surface area contributed by atoms with Crippen LogP contribution in [-0.2, 0) is 11.2 Å². The topological polar surface area (TPSA) is 47.6 Å². The number of rotatable bonds is 6. The molecule has 5 rings (SSSR count). The number of ether oxygens (including phenoxy) is 2. The van der Waals surface area contributed by atoms with E-state index < -0.39 is 12.3 Å². The van der Waals surface area contributed by atoms with Gasteiger partial charge < -0.3 is 14.8 Å². The minimum Gasteiger partial charge on any atom is -0.448 e. The van der Waals surface area contributed by atoms with Gasteiger partial charge in [-0.1, -0.05) is 84.9 Å². The van der Waals surface area contributed by atoms with Gasteiger partial charge in [0, 0.05) is 5.57 Å². The van der Waals surface area contributed by atoms with Gasteiger partial charge in [-0.3, -0.25) is 4.79 Å². The van der Waals surface area contributed by atoms with Crippen molar-refractivity contribution < 1.29 is 14.3 Å². The summed E-state index contributed by atoms with van der Waals surface area (Å²) in [5.41, 5.74) is 3.72. The number of nitrogens with one attached hydrogen (secondary N) is 1. The summed E-state index contributed by atoms with van der Waals surface area (Å²) in [7, 11) is 0. The predicted octanol–water partition coefficient (Wildman–Crippen LogP) is 4.93. The zero-order chi connectivity index (χ0) is 21.0. The highest BCUT2D eigenvalue weighted by Gasteiger charge is 2.42. The van der Waals surface area contributed by atoms with Gasteiger partial charge >= 0.3 is 0 Å². The average Bonchev–Trinajstić information content (AvgIpc) is 3.39. The molecule has 31 heavy (non-hydrogen) atoms. The van der Waals surface area contributed by atoms with Crippen LogP contribution >= 0.6 is 0 Å². The Labute approximate surface area is 181 Å². The third-order valence-electron chi connectivity index (χ3n) is 5.51. The molecule has 0 spiro atoms. The lowest BCUT2D eigenvalue weighted by atomic mass is 10.0. The normalized spacial score (nSPS) is 18.1. The van der Waals surface area contributed by atoms with E-state index in [-0.39, 0.29) is 5.78 Å². The molecule has 1 N–H and O–H groups in total. The molecule has 2 aliphatic rings. The summed E-state index contributed by atoms with van der Waals surface area (Å²) in [6, 6.07) is 27.1. The van der Waals surface area contributed by atoms with Crippen LogP contribution in [0.4, 0.5) is 0 Å². The number of Topliss-reactive ketones (excluding diaryl/α,β-unsaturated/α-hetero) is 1. The third-order valence-corrected chi connectivity index (χ3v) is 5.51. The molecule has 154 valence electrons. The number of hydrogen-bond donors (Lipinski definition) is 1. The molecule has 0 radical (unpaired) electrons. The Morgan fingerprint density at radius 2 is 1.42 bits per heavy atom. The van der Waals surface area contributed by atoms with Crippen molar-refractivity contribution in [2.45, 2.75) is 25.2 Å². The molecule has 3 aromatic rings. The minimum atomic E-state index is -0.696. The van der Waals surface area contributed by atoms with E-state index in [0.29, 0.717) is 17.1 Å². The van der Waals surface area contributed by atoms with Crippen LogP contribution in [0.3, 0.4) is 0 Å². The molecule has 0 aromatic heterocycles. The van der Waals surface area contributed by atoms with E-state index in [2.05, 4.69) is 23.5 Å². The number of hydrogen-bond acceptors (Lipinski definition) is 4. The molecule has 4 nitrogen and oxygen atoms in total. The Hall–Kier alpha value is -3.79. The van der Waals surface area contributed by atoms with Gasteiger partial charge in [0.05, 0.1) is 5.70 Å². The van der Waals surface area contributed by atoms with Crippen molar-refractivity contribution in [1.29, 1.82) is 0 Å². The van der Waals surface area contributed by atoms with Gasteiger partial charge in [-0.25, -0.2) is 0 Å². The van der Waals surface area contributed by atoms with E-state index in [1.165, 1.54) is 5.56 Å². The minimum absolute atomic E-state index is 0.0207. The third kappa shape index (κ3) is 3.97. The fourth-order valence-electron chi connectivity index (χ4n) is 3.94. The number of carbonyl (C=O) groups is 1. The van der Waals surface area contributed by atoms with Crippen molar-refractivity contribution in [3.8, 4) is 11.5 Å². The second kappa shape index (κ2) is 8.52. The van der Waals surface area contributed by atoms with Gasteiger partial charge in [0.2, 0.25) is 0 Å². The lowest BCUT2D eigenvalue weighted by Crippen LogP contribution is -2.45. The molecule has 0 amide bonds. The molecular weight excluding hydrogens is 386 g/mol. The maximum atomic E-state index is 13.4. The highest BCUT2D eigenvalue weighted by atomic mass is 16.7. The highest BCUT2D eigenvalue weighted by molar-refractivity contribution is 6.12. The molecule has 2 heterocycles. The number of para-hydroxylation sites is 2. The molecule has 0 saturated carbocycles. The van der Waals surface area contributed by atoms with Crippen LogP contribution in [0.2, 0.25) is 0 Å². The zero-order valence-electron chi connectivity index (χ0n) is 17.0. The molecule has 0 bridgehead atoms. The zero-order valence-corrected chi connectivity index (χ0v) is 17.0. The molecule has 1 unspecified atom stereocenters. The lowest BCUT2D eigenvalue weighted by molar-refractivity contribution is -0.121. The molecule has 0 fully saturated rings. The van der Waals surface area contributed by atoms with Crippen molar-refractivity contribution in [2.24, 2.45) is 0 Å². The molecule has 0 aliphatic carbocycles. The number of ketones is 1. The summed E-state index contributed by atoms with van der Waals surface area (Å²) in [6.45, 7) is 0. The predicted molar refractivity (Wildman–Crippen MR) is 121 cm³/mol. The Morgan fingerprint density at radius 3 is 2.10 bits per heavy atom. The molecular formula is C27H23NO3. The van der Waals surface area contributed by atoms with E-state index in [1.54, 1.807) is 0 Å². The van der Waals surface area contributed by atoms with Crippen molar-refractivity contribution >= 4 is 11.5 Å². The fourth-order valence-corrected chi connectivity index (χ4v) is 3.94. The quantitative estimate of drug-likeness (QED) is 0.627. The second-order valence-corrected chi connectivity index (χ2v) is 7.62. The number of benzene rings is 3. The summed E-state index contributed by atoms with van der Waals surface area (Å²) >= 11 is 0. The Morgan fingerprint density at radius 1 is 0.806 bits per heavy atom. The van der Waals surface area contributed by atoms with Gasteiger partial charge in [-0.2, -0.15) is 0 Å². The first kappa shape index (κ1) is 19.2. The maximum absolute atomic E-state index is 13.4. The summed E-state index contributed by atoms with van der Waals surface area (Å²) in [4.78, 5) is 13.4. The van der Waals surface area contributed by atoms with Crippen LogP contribution in [0.5, 0.6) is 11.5 Å². The summed E-state index contributed by atoms with van der Waals surface area (Å²) < 4.78 is 11.8. The Bertz CT molecular complexity index is 1110. The van der Waals surface area contributed by atoms with Gasteiger partial charge in [0.25, 0.3) is 6.29 Å². The second-order valence-electron chi connectivity index (χ2n) is 7.62. The van der Waals surface area contributed by atoms with Crippen LogP contribution in [0, 0.1) is 0 Å². The van der Waals surface area contributed by atoms with Gasteiger partial charge in [-0.15, -0.1) is 0 Å². The van der Waals surface area contributed by atoms with Gasteiger partial charge in [-0.05, 0) is 36.1 Å². The molecule has 0 saturated heterocycles. The van der Waals surface area contributed by atoms with Crippen LogP contribution in [0.25, 0.3) is 5.70 Å². The number of aryl methyl sites for hydroxylation is 1. The van der Waals surface area contributed by atoms with Crippen LogP contribution in [-0.4, -0.2) is 18.1 Å². The Balaban J connectivity index is 1.36. The van der Waals surface area contributed by atoms with E-state index in [0.717, 1.165) is 24.1 Å². The van der Waals surface area contributed by atoms with Crippen molar-refractivity contribution in [3.05, 3.63) is 114 Å². The van der Waals surface area contributed by atoms with Crippen LogP contribution in [0.1, 0.15) is 17.5 Å². The van der Waals surface area contributed by atoms with Gasteiger partial charge in [0.1, 0.15) is 0 Å². The maximum Gasteiger partial charge on any atom is 0.268 e. The highest BCUT2D eigenvalue weighted by Crippen LogP contribution is 2.37. The fraction of sp³-hybridized carbons (Fsp3) is 0.148. The van der Waals surface area contributed by atoms with Crippen molar-refractivity contribution in [1.82, 2.24) is 5.32 Å². The van der Waals surface area contributed by atoms with E-state index in [9.17, 15) is 4.79 Å². The molecule has 3 aromatic carbocycles. The number of fused-ring (bicyclic) bond motifs is 1. The van der Waals surface area contributed by atoms with Crippen LogP contribution in [0.15, 0.2) is 103 Å². The smallest absolute Gasteiger partial charge is 0.268 e. The molecule has 2 aliphatic heterocycles. The first-order valence-electron chi connectivity index (χ1n) is 10.5. The lowest BCUT2D eigenvalue weighted by Gasteiger charge is -2.18. The largest absolute Gasteiger partial charge is 0.448 e. The van der Waals surface area contributed by atoms with E-state index >= 15 is 0 Å². The van der Waals surface area contributed by atoms with Gasteiger partial charge in [0.15, 0.2) is 23.3 Å². The van der Waals surface area contributed by atoms with Crippen molar-refractivity contribution in [2.75, 3.05) is 0 Å².